The lowest BCUT2D eigenvalue weighted by molar-refractivity contribution is -0.132. The lowest BCUT2D eigenvalue weighted by Crippen LogP contribution is -2.51. The second-order valence-electron chi connectivity index (χ2n) is 5.60. The molecule has 1 aromatic rings. The molecule has 2 rings (SSSR count). The second-order valence-corrected chi connectivity index (χ2v) is 6.39. The first kappa shape index (κ1) is 17.9. The van der Waals surface area contributed by atoms with Crippen LogP contribution in [0.1, 0.15) is 13.8 Å². The topological polar surface area (TPSA) is 61.7 Å². The summed E-state index contributed by atoms with van der Waals surface area (Å²) in [5.41, 5.74) is 0.645. The first-order valence-corrected chi connectivity index (χ1v) is 8.74. The molecule has 1 fully saturated rings. The maximum absolute atomic E-state index is 12.3. The van der Waals surface area contributed by atoms with E-state index < -0.39 is 0 Å². The molecule has 0 aliphatic carbocycles. The van der Waals surface area contributed by atoms with E-state index in [1.807, 2.05) is 4.90 Å². The zero-order valence-electron chi connectivity index (χ0n) is 14.0. The summed E-state index contributed by atoms with van der Waals surface area (Å²) in [5.74, 6) is 0.175. The van der Waals surface area contributed by atoms with Crippen LogP contribution in [-0.4, -0.2) is 71.3 Å². The maximum atomic E-state index is 12.3. The molecule has 0 atom stereocenters. The van der Waals surface area contributed by atoms with Gasteiger partial charge in [-0.25, -0.2) is 4.68 Å². The van der Waals surface area contributed by atoms with Gasteiger partial charge in [-0.15, -0.1) is 0 Å². The van der Waals surface area contributed by atoms with E-state index >= 15 is 0 Å². The summed E-state index contributed by atoms with van der Waals surface area (Å²) in [7, 11) is 1.63. The van der Waals surface area contributed by atoms with Crippen molar-refractivity contribution >= 4 is 27.5 Å². The third kappa shape index (κ3) is 4.11. The highest BCUT2D eigenvalue weighted by Crippen LogP contribution is 2.22. The summed E-state index contributed by atoms with van der Waals surface area (Å²) in [6.45, 7) is 9.12. The average Bonchev–Trinajstić information content (AvgIpc) is 2.57. The Balaban J connectivity index is 1.98. The first-order valence-electron chi connectivity index (χ1n) is 7.94. The van der Waals surface area contributed by atoms with Crippen molar-refractivity contribution in [2.24, 2.45) is 7.05 Å². The van der Waals surface area contributed by atoms with E-state index in [2.05, 4.69) is 44.7 Å². The first-order chi connectivity index (χ1) is 11.0. The molecule has 1 aromatic heterocycles. The van der Waals surface area contributed by atoms with Gasteiger partial charge in [0.05, 0.1) is 18.4 Å². The van der Waals surface area contributed by atoms with Crippen molar-refractivity contribution < 1.29 is 4.79 Å². The van der Waals surface area contributed by atoms with Crippen LogP contribution in [0.4, 0.5) is 5.69 Å². The van der Waals surface area contributed by atoms with Crippen molar-refractivity contribution in [1.82, 2.24) is 19.6 Å². The van der Waals surface area contributed by atoms with Gasteiger partial charge in [0.2, 0.25) is 5.91 Å². The van der Waals surface area contributed by atoms with E-state index in [0.29, 0.717) is 37.2 Å². The molecule has 0 N–H and O–H groups in total. The molecule has 1 aliphatic heterocycles. The molecule has 0 saturated carbocycles. The summed E-state index contributed by atoms with van der Waals surface area (Å²) in [5, 5.41) is 4.08. The summed E-state index contributed by atoms with van der Waals surface area (Å²) in [6, 6.07) is 0. The standard InChI is InChI=1S/C15H24BrN5O2/c1-4-19(5-2)11-13(22)21-8-6-20(7-9-21)12-10-17-18(3)15(23)14(12)16/h10H,4-9,11H2,1-3H3. The SMILES string of the molecule is CCN(CC)CC(=O)N1CCN(c2cnn(C)c(=O)c2Br)CC1. The Morgan fingerprint density at radius 3 is 2.43 bits per heavy atom. The monoisotopic (exact) mass is 385 g/mol. The Labute approximate surface area is 145 Å². The number of amides is 1. The molecule has 8 heteroatoms. The van der Waals surface area contributed by atoms with Crippen LogP contribution in [0.15, 0.2) is 15.5 Å². The third-order valence-electron chi connectivity index (χ3n) is 4.29. The number of hydrogen-bond acceptors (Lipinski definition) is 5. The minimum absolute atomic E-state index is 0.150. The van der Waals surface area contributed by atoms with Gasteiger partial charge in [-0.3, -0.25) is 14.5 Å². The second kappa shape index (κ2) is 7.92. The predicted molar refractivity (Wildman–Crippen MR) is 93.8 cm³/mol. The van der Waals surface area contributed by atoms with Gasteiger partial charge < -0.3 is 9.80 Å². The fraction of sp³-hybridized carbons (Fsp3) is 0.667. The van der Waals surface area contributed by atoms with Crippen molar-refractivity contribution in [3.63, 3.8) is 0 Å². The Morgan fingerprint density at radius 1 is 1.26 bits per heavy atom. The normalized spacial score (nSPS) is 15.3. The van der Waals surface area contributed by atoms with Crippen LogP contribution in [0, 0.1) is 0 Å². The molecule has 0 bridgehead atoms. The number of likely N-dealkylation sites (N-methyl/N-ethyl adjacent to an activating group) is 1. The number of carbonyl (C=O) groups is 1. The number of rotatable bonds is 5. The Hall–Kier alpha value is -1.41. The van der Waals surface area contributed by atoms with Crippen molar-refractivity contribution in [3.8, 4) is 0 Å². The molecule has 0 aromatic carbocycles. The molecule has 7 nitrogen and oxygen atoms in total. The average molecular weight is 386 g/mol. The van der Waals surface area contributed by atoms with Crippen molar-refractivity contribution in [3.05, 3.63) is 21.0 Å². The number of piperazine rings is 1. The van der Waals surface area contributed by atoms with Gasteiger partial charge in [-0.05, 0) is 29.0 Å². The van der Waals surface area contributed by atoms with Gasteiger partial charge in [0.25, 0.3) is 5.56 Å². The molecule has 0 radical (unpaired) electrons. The minimum atomic E-state index is -0.150. The molecule has 0 spiro atoms. The third-order valence-corrected chi connectivity index (χ3v) is 5.03. The molecule has 0 unspecified atom stereocenters. The Kier molecular flexibility index (Phi) is 6.17. The van der Waals surface area contributed by atoms with Crippen LogP contribution in [0.3, 0.4) is 0 Å². The molecule has 2 heterocycles. The fourth-order valence-electron chi connectivity index (χ4n) is 2.66. The van der Waals surface area contributed by atoms with Crippen LogP contribution in [0.2, 0.25) is 0 Å². The molecule has 1 saturated heterocycles. The zero-order chi connectivity index (χ0) is 17.0. The van der Waals surface area contributed by atoms with Gasteiger partial charge in [0, 0.05) is 33.2 Å². The van der Waals surface area contributed by atoms with Crippen molar-refractivity contribution in [2.45, 2.75) is 13.8 Å². The van der Waals surface area contributed by atoms with E-state index in [1.165, 1.54) is 4.68 Å². The number of aryl methyl sites for hydroxylation is 1. The van der Waals surface area contributed by atoms with Crippen molar-refractivity contribution in [2.75, 3.05) is 50.7 Å². The van der Waals surface area contributed by atoms with Gasteiger partial charge in [-0.2, -0.15) is 5.10 Å². The van der Waals surface area contributed by atoms with E-state index in [4.69, 9.17) is 0 Å². The number of nitrogens with zero attached hydrogens (tertiary/aromatic N) is 5. The van der Waals surface area contributed by atoms with Crippen LogP contribution < -0.4 is 10.5 Å². The number of anilines is 1. The lowest BCUT2D eigenvalue weighted by atomic mass is 10.2. The number of carbonyl (C=O) groups excluding carboxylic acids is 1. The maximum Gasteiger partial charge on any atom is 0.282 e. The number of hydrogen-bond donors (Lipinski definition) is 0. The van der Waals surface area contributed by atoms with E-state index in [0.717, 1.165) is 18.8 Å². The van der Waals surface area contributed by atoms with Crippen LogP contribution in [0.25, 0.3) is 0 Å². The Bertz CT molecular complexity index is 606. The molecule has 128 valence electrons. The predicted octanol–water partition coefficient (Wildman–Crippen LogP) is 0.533. The molecule has 1 amide bonds. The van der Waals surface area contributed by atoms with E-state index in [9.17, 15) is 9.59 Å². The summed E-state index contributed by atoms with van der Waals surface area (Å²) < 4.78 is 1.83. The molecular formula is C15H24BrN5O2. The van der Waals surface area contributed by atoms with E-state index in [1.54, 1.807) is 13.2 Å². The smallest absolute Gasteiger partial charge is 0.282 e. The highest BCUT2D eigenvalue weighted by Gasteiger charge is 2.24. The van der Waals surface area contributed by atoms with Gasteiger partial charge in [0.1, 0.15) is 4.47 Å². The lowest BCUT2D eigenvalue weighted by Gasteiger charge is -2.37. The fourth-order valence-corrected chi connectivity index (χ4v) is 3.27. The van der Waals surface area contributed by atoms with Crippen LogP contribution in [-0.2, 0) is 11.8 Å². The molecular weight excluding hydrogens is 362 g/mol. The Morgan fingerprint density at radius 2 is 1.87 bits per heavy atom. The largest absolute Gasteiger partial charge is 0.366 e. The van der Waals surface area contributed by atoms with Gasteiger partial charge in [0.15, 0.2) is 0 Å². The van der Waals surface area contributed by atoms with Crippen LogP contribution in [0.5, 0.6) is 0 Å². The highest BCUT2D eigenvalue weighted by molar-refractivity contribution is 9.10. The highest BCUT2D eigenvalue weighted by atomic mass is 79.9. The van der Waals surface area contributed by atoms with Gasteiger partial charge >= 0.3 is 0 Å². The quantitative estimate of drug-likeness (QED) is 0.739. The molecule has 23 heavy (non-hydrogen) atoms. The van der Waals surface area contributed by atoms with E-state index in [-0.39, 0.29) is 11.5 Å². The number of aromatic nitrogens is 2. The summed E-state index contributed by atoms with van der Waals surface area (Å²) in [6.07, 6.45) is 1.69. The number of halogens is 1. The van der Waals surface area contributed by atoms with Crippen LogP contribution >= 0.6 is 15.9 Å². The summed E-state index contributed by atoms with van der Waals surface area (Å²) >= 11 is 3.36. The zero-order valence-corrected chi connectivity index (χ0v) is 15.5. The minimum Gasteiger partial charge on any atom is -0.366 e. The summed E-state index contributed by atoms with van der Waals surface area (Å²) in [4.78, 5) is 30.4. The molecule has 1 aliphatic rings. The van der Waals surface area contributed by atoms with Crippen molar-refractivity contribution in [1.29, 1.82) is 0 Å². The van der Waals surface area contributed by atoms with Gasteiger partial charge in [-0.1, -0.05) is 13.8 Å².